The second-order valence-electron chi connectivity index (χ2n) is 4.76. The minimum atomic E-state index is -0.556. The highest BCUT2D eigenvalue weighted by molar-refractivity contribution is 7.99. The summed E-state index contributed by atoms with van der Waals surface area (Å²) in [5, 5.41) is 3.75. The van der Waals surface area contributed by atoms with Crippen molar-refractivity contribution in [1.82, 2.24) is 5.32 Å². The van der Waals surface area contributed by atoms with Crippen molar-refractivity contribution < 1.29 is 4.79 Å². The lowest BCUT2D eigenvalue weighted by Gasteiger charge is -2.17. The Bertz CT molecular complexity index is 396. The number of benzene rings is 1. The van der Waals surface area contributed by atoms with Crippen molar-refractivity contribution in [3.63, 3.8) is 0 Å². The summed E-state index contributed by atoms with van der Waals surface area (Å²) in [6.07, 6.45) is 5.45. The Morgan fingerprint density at radius 3 is 2.72 bits per heavy atom. The third-order valence-corrected chi connectivity index (χ3v) is 4.60. The molecule has 0 radical (unpaired) electrons. The SMILES string of the molecule is CSC1CCC(NC(=O)C(N)c2ccccc2)C1. The van der Waals surface area contributed by atoms with Gasteiger partial charge in [-0.2, -0.15) is 11.8 Å². The molecule has 0 saturated heterocycles. The van der Waals surface area contributed by atoms with Crippen molar-refractivity contribution in [2.45, 2.75) is 36.6 Å². The topological polar surface area (TPSA) is 55.1 Å². The average molecular weight is 264 g/mol. The lowest BCUT2D eigenvalue weighted by molar-refractivity contribution is -0.123. The predicted molar refractivity (Wildman–Crippen MR) is 76.5 cm³/mol. The first-order valence-corrected chi connectivity index (χ1v) is 7.63. The molecule has 3 unspecified atom stereocenters. The van der Waals surface area contributed by atoms with Gasteiger partial charge in [0.2, 0.25) is 5.91 Å². The Hall–Kier alpha value is -1.00. The van der Waals surface area contributed by atoms with Gasteiger partial charge in [-0.3, -0.25) is 4.79 Å². The van der Waals surface area contributed by atoms with Gasteiger partial charge in [0.1, 0.15) is 6.04 Å². The summed E-state index contributed by atoms with van der Waals surface area (Å²) in [6, 6.07) is 9.26. The fourth-order valence-corrected chi connectivity index (χ4v) is 3.18. The van der Waals surface area contributed by atoms with Crippen molar-refractivity contribution in [3.05, 3.63) is 35.9 Å². The van der Waals surface area contributed by atoms with Crippen LogP contribution in [0.4, 0.5) is 0 Å². The molecule has 4 heteroatoms. The van der Waals surface area contributed by atoms with Crippen LogP contribution in [0, 0.1) is 0 Å². The molecule has 1 fully saturated rings. The van der Waals surface area contributed by atoms with E-state index in [1.54, 1.807) is 0 Å². The van der Waals surface area contributed by atoms with E-state index in [1.807, 2.05) is 42.1 Å². The van der Waals surface area contributed by atoms with Crippen LogP contribution in [-0.2, 0) is 4.79 Å². The van der Waals surface area contributed by atoms with Crippen LogP contribution >= 0.6 is 11.8 Å². The van der Waals surface area contributed by atoms with Gasteiger partial charge in [0.25, 0.3) is 0 Å². The van der Waals surface area contributed by atoms with Crippen molar-refractivity contribution in [1.29, 1.82) is 0 Å². The van der Waals surface area contributed by atoms with Gasteiger partial charge in [0.05, 0.1) is 0 Å². The van der Waals surface area contributed by atoms with Crippen LogP contribution in [0.25, 0.3) is 0 Å². The van der Waals surface area contributed by atoms with Crippen molar-refractivity contribution in [3.8, 4) is 0 Å². The molecule has 2 rings (SSSR count). The molecule has 0 spiro atoms. The molecule has 0 heterocycles. The van der Waals surface area contributed by atoms with Gasteiger partial charge in [0.15, 0.2) is 0 Å². The van der Waals surface area contributed by atoms with E-state index in [9.17, 15) is 4.79 Å². The number of carbonyl (C=O) groups excluding carboxylic acids is 1. The fourth-order valence-electron chi connectivity index (χ4n) is 2.39. The largest absolute Gasteiger partial charge is 0.352 e. The highest BCUT2D eigenvalue weighted by Gasteiger charge is 2.26. The molecule has 0 aliphatic heterocycles. The molecule has 1 aliphatic rings. The summed E-state index contributed by atoms with van der Waals surface area (Å²) >= 11 is 1.89. The van der Waals surface area contributed by atoms with E-state index in [0.717, 1.165) is 18.4 Å². The van der Waals surface area contributed by atoms with Crippen LogP contribution in [0.1, 0.15) is 30.9 Å². The van der Waals surface area contributed by atoms with Crippen LogP contribution in [0.5, 0.6) is 0 Å². The highest BCUT2D eigenvalue weighted by Crippen LogP contribution is 2.28. The first-order valence-electron chi connectivity index (χ1n) is 6.34. The maximum Gasteiger partial charge on any atom is 0.241 e. The Balaban J connectivity index is 1.89. The zero-order valence-corrected chi connectivity index (χ0v) is 11.5. The molecule has 3 nitrogen and oxygen atoms in total. The van der Waals surface area contributed by atoms with Gasteiger partial charge >= 0.3 is 0 Å². The van der Waals surface area contributed by atoms with Crippen LogP contribution in [-0.4, -0.2) is 23.5 Å². The summed E-state index contributed by atoms with van der Waals surface area (Å²) in [7, 11) is 0. The smallest absolute Gasteiger partial charge is 0.241 e. The number of rotatable bonds is 4. The lowest BCUT2D eigenvalue weighted by atomic mass is 10.1. The number of nitrogens with one attached hydrogen (secondary N) is 1. The molecule has 1 aromatic rings. The van der Waals surface area contributed by atoms with Gasteiger partial charge in [-0.25, -0.2) is 0 Å². The fraction of sp³-hybridized carbons (Fsp3) is 0.500. The zero-order chi connectivity index (χ0) is 13.0. The monoisotopic (exact) mass is 264 g/mol. The number of thioether (sulfide) groups is 1. The zero-order valence-electron chi connectivity index (χ0n) is 10.6. The molecule has 18 heavy (non-hydrogen) atoms. The summed E-state index contributed by atoms with van der Waals surface area (Å²) in [5.41, 5.74) is 6.84. The highest BCUT2D eigenvalue weighted by atomic mass is 32.2. The van der Waals surface area contributed by atoms with E-state index in [2.05, 4.69) is 11.6 Å². The molecule has 3 N–H and O–H groups in total. The third kappa shape index (κ3) is 3.27. The van der Waals surface area contributed by atoms with Crippen LogP contribution < -0.4 is 11.1 Å². The number of amides is 1. The molecule has 1 saturated carbocycles. The molecule has 1 amide bonds. The Morgan fingerprint density at radius 1 is 1.39 bits per heavy atom. The quantitative estimate of drug-likeness (QED) is 0.875. The normalized spacial score (nSPS) is 24.8. The Labute approximate surface area is 113 Å². The molecule has 98 valence electrons. The number of nitrogens with two attached hydrogens (primary N) is 1. The van der Waals surface area contributed by atoms with Gasteiger partial charge in [-0.1, -0.05) is 30.3 Å². The molecule has 3 atom stereocenters. The number of hydrogen-bond donors (Lipinski definition) is 2. The molecule has 1 aliphatic carbocycles. The van der Waals surface area contributed by atoms with E-state index < -0.39 is 6.04 Å². The minimum absolute atomic E-state index is 0.0621. The van der Waals surface area contributed by atoms with Gasteiger partial charge < -0.3 is 11.1 Å². The van der Waals surface area contributed by atoms with Crippen LogP contribution in [0.3, 0.4) is 0 Å². The third-order valence-electron chi connectivity index (χ3n) is 3.51. The summed E-state index contributed by atoms with van der Waals surface area (Å²) < 4.78 is 0. The van der Waals surface area contributed by atoms with Crippen molar-refractivity contribution in [2.75, 3.05) is 6.26 Å². The lowest BCUT2D eigenvalue weighted by Crippen LogP contribution is -2.39. The van der Waals surface area contributed by atoms with Crippen molar-refractivity contribution in [2.24, 2.45) is 5.73 Å². The van der Waals surface area contributed by atoms with Crippen molar-refractivity contribution >= 4 is 17.7 Å². The molecule has 1 aromatic carbocycles. The summed E-state index contributed by atoms with van der Waals surface area (Å²) in [4.78, 5) is 12.1. The first kappa shape index (κ1) is 13.4. The van der Waals surface area contributed by atoms with E-state index in [-0.39, 0.29) is 5.91 Å². The number of carbonyl (C=O) groups is 1. The maximum absolute atomic E-state index is 12.1. The number of hydrogen-bond acceptors (Lipinski definition) is 3. The van der Waals surface area contributed by atoms with Crippen LogP contribution in [0.15, 0.2) is 30.3 Å². The van der Waals surface area contributed by atoms with Gasteiger partial charge in [-0.15, -0.1) is 0 Å². The molecular weight excluding hydrogens is 244 g/mol. The Kier molecular flexibility index (Phi) is 4.66. The van der Waals surface area contributed by atoms with E-state index in [1.165, 1.54) is 6.42 Å². The van der Waals surface area contributed by atoms with Crippen LogP contribution in [0.2, 0.25) is 0 Å². The molecule has 0 bridgehead atoms. The minimum Gasteiger partial charge on any atom is -0.352 e. The molecule has 0 aromatic heterocycles. The van der Waals surface area contributed by atoms with Gasteiger partial charge in [-0.05, 0) is 31.1 Å². The summed E-state index contributed by atoms with van der Waals surface area (Å²) in [5.74, 6) is -0.0621. The second-order valence-corrected chi connectivity index (χ2v) is 5.90. The summed E-state index contributed by atoms with van der Waals surface area (Å²) in [6.45, 7) is 0. The van der Waals surface area contributed by atoms with E-state index >= 15 is 0 Å². The maximum atomic E-state index is 12.1. The predicted octanol–water partition coefficient (Wildman–Crippen LogP) is 2.09. The van der Waals surface area contributed by atoms with E-state index in [0.29, 0.717) is 11.3 Å². The molecular formula is C14H20N2OS. The standard InChI is InChI=1S/C14H20N2OS/c1-18-12-8-7-11(9-12)16-14(17)13(15)10-5-3-2-4-6-10/h2-6,11-13H,7-9,15H2,1H3,(H,16,17). The second kappa shape index (κ2) is 6.25. The average Bonchev–Trinajstić information content (AvgIpc) is 2.86. The van der Waals surface area contributed by atoms with Gasteiger partial charge in [0, 0.05) is 11.3 Å². The first-order chi connectivity index (χ1) is 8.70. The Morgan fingerprint density at radius 2 is 2.11 bits per heavy atom. The van der Waals surface area contributed by atoms with E-state index in [4.69, 9.17) is 5.73 Å².